The summed E-state index contributed by atoms with van der Waals surface area (Å²) >= 11 is 0. The summed E-state index contributed by atoms with van der Waals surface area (Å²) in [7, 11) is 0. The molecule has 0 spiro atoms. The highest BCUT2D eigenvalue weighted by molar-refractivity contribution is 5.86. The van der Waals surface area contributed by atoms with E-state index in [1.54, 1.807) is 6.92 Å². The molecule has 18 heavy (non-hydrogen) atoms. The van der Waals surface area contributed by atoms with Gasteiger partial charge in [-0.15, -0.1) is 0 Å². The predicted octanol–water partition coefficient (Wildman–Crippen LogP) is -0.995. The van der Waals surface area contributed by atoms with Gasteiger partial charge in [0.25, 0.3) is 0 Å². The molecule has 0 heterocycles. The summed E-state index contributed by atoms with van der Waals surface area (Å²) in [6.07, 6.45) is -2.54. The second-order valence-electron chi connectivity index (χ2n) is 3.09. The Hall–Kier alpha value is -1.93. The van der Waals surface area contributed by atoms with Crippen LogP contribution in [0.15, 0.2) is 12.2 Å². The fraction of sp³-hybridized carbons (Fsp3) is 0.500. The van der Waals surface area contributed by atoms with E-state index in [2.05, 4.69) is 11.3 Å². The zero-order valence-electron chi connectivity index (χ0n) is 9.83. The van der Waals surface area contributed by atoms with E-state index in [1.807, 2.05) is 0 Å². The van der Waals surface area contributed by atoms with Crippen molar-refractivity contribution >= 4 is 17.9 Å². The lowest BCUT2D eigenvalue weighted by Gasteiger charge is -1.99. The number of ether oxygens (including phenoxy) is 1. The van der Waals surface area contributed by atoms with E-state index in [9.17, 15) is 14.4 Å². The minimum atomic E-state index is -1.79. The van der Waals surface area contributed by atoms with Gasteiger partial charge in [0.15, 0.2) is 6.10 Å². The molecule has 8 nitrogen and oxygen atoms in total. The lowest BCUT2D eigenvalue weighted by atomic mass is 10.3. The Morgan fingerprint density at radius 1 is 1.28 bits per heavy atom. The molecular formula is C10H16O8. The summed E-state index contributed by atoms with van der Waals surface area (Å²) in [6, 6.07) is 0. The molecule has 0 amide bonds. The minimum Gasteiger partial charge on any atom is -0.481 e. The molecule has 0 bridgehead atoms. The van der Waals surface area contributed by atoms with Gasteiger partial charge in [0.05, 0.1) is 13.0 Å². The van der Waals surface area contributed by atoms with E-state index in [1.165, 1.54) is 0 Å². The van der Waals surface area contributed by atoms with Crippen molar-refractivity contribution in [3.05, 3.63) is 12.2 Å². The molecule has 0 fully saturated rings. The van der Waals surface area contributed by atoms with Crippen molar-refractivity contribution in [2.24, 2.45) is 0 Å². The second kappa shape index (κ2) is 10.2. The molecule has 0 aromatic rings. The van der Waals surface area contributed by atoms with Crippen molar-refractivity contribution in [1.29, 1.82) is 0 Å². The number of carboxylic acid groups (broad SMARTS) is 2. The number of aliphatic hydroxyl groups excluding tert-OH is 2. The van der Waals surface area contributed by atoms with Gasteiger partial charge in [-0.25, -0.2) is 9.59 Å². The van der Waals surface area contributed by atoms with Gasteiger partial charge in [0, 0.05) is 5.57 Å². The zero-order chi connectivity index (χ0) is 14.7. The van der Waals surface area contributed by atoms with Crippen molar-refractivity contribution in [2.45, 2.75) is 19.4 Å². The number of aliphatic hydroxyl groups is 2. The molecule has 1 atom stereocenters. The number of aliphatic carboxylic acids is 2. The number of hydrogen-bond acceptors (Lipinski definition) is 6. The topological polar surface area (TPSA) is 141 Å². The number of hydrogen-bond donors (Lipinski definition) is 4. The minimum absolute atomic E-state index is 0.0473. The van der Waals surface area contributed by atoms with Crippen molar-refractivity contribution in [1.82, 2.24) is 0 Å². The molecule has 0 aliphatic rings. The van der Waals surface area contributed by atoms with E-state index in [0.717, 1.165) is 0 Å². The number of carboxylic acids is 2. The smallest absolute Gasteiger partial charge is 0.333 e. The first-order valence-electron chi connectivity index (χ1n) is 4.78. The van der Waals surface area contributed by atoms with Crippen LogP contribution in [0.2, 0.25) is 0 Å². The number of rotatable bonds is 6. The summed E-state index contributed by atoms with van der Waals surface area (Å²) in [5.74, 6) is -3.30. The normalized spacial score (nSPS) is 10.6. The van der Waals surface area contributed by atoms with Crippen LogP contribution in [0.3, 0.4) is 0 Å². The van der Waals surface area contributed by atoms with E-state index < -0.39 is 30.4 Å². The van der Waals surface area contributed by atoms with Crippen LogP contribution in [-0.4, -0.2) is 57.7 Å². The van der Waals surface area contributed by atoms with Crippen molar-refractivity contribution < 1.29 is 39.5 Å². The van der Waals surface area contributed by atoms with Gasteiger partial charge >= 0.3 is 17.9 Å². The van der Waals surface area contributed by atoms with Gasteiger partial charge in [-0.05, 0) is 6.92 Å². The van der Waals surface area contributed by atoms with E-state index >= 15 is 0 Å². The van der Waals surface area contributed by atoms with E-state index in [-0.39, 0.29) is 13.2 Å². The predicted molar refractivity (Wildman–Crippen MR) is 58.8 cm³/mol. The summed E-state index contributed by atoms with van der Waals surface area (Å²) in [5, 5.41) is 32.3. The van der Waals surface area contributed by atoms with Crippen LogP contribution in [0.25, 0.3) is 0 Å². The molecule has 1 unspecified atom stereocenters. The summed E-state index contributed by atoms with van der Waals surface area (Å²) in [4.78, 5) is 29.9. The third-order valence-corrected chi connectivity index (χ3v) is 1.33. The maximum Gasteiger partial charge on any atom is 0.333 e. The van der Waals surface area contributed by atoms with E-state index in [0.29, 0.717) is 5.57 Å². The van der Waals surface area contributed by atoms with Gasteiger partial charge in [-0.3, -0.25) is 4.79 Å². The first kappa shape index (κ1) is 18.4. The second-order valence-corrected chi connectivity index (χ2v) is 3.09. The van der Waals surface area contributed by atoms with Gasteiger partial charge in [0.2, 0.25) is 0 Å². The standard InChI is InChI=1S/C6H10O3.C4H6O5/c1-5(2)6(8)9-4-3-7;5-2(4(8)9)1-3(6)7/h7H,1,3-4H2,2H3;2,5H,1H2,(H,6,7)(H,8,9). The van der Waals surface area contributed by atoms with E-state index in [4.69, 9.17) is 20.4 Å². The van der Waals surface area contributed by atoms with Gasteiger partial charge in [-0.2, -0.15) is 0 Å². The highest BCUT2D eigenvalue weighted by Crippen LogP contribution is 1.90. The molecule has 0 rings (SSSR count). The quantitative estimate of drug-likeness (QED) is 0.353. The molecule has 0 aromatic carbocycles. The first-order chi connectivity index (χ1) is 8.22. The zero-order valence-corrected chi connectivity index (χ0v) is 9.83. The Morgan fingerprint density at radius 2 is 1.78 bits per heavy atom. The lowest BCUT2D eigenvalue weighted by Crippen LogP contribution is -2.22. The average molecular weight is 264 g/mol. The maximum absolute atomic E-state index is 10.5. The molecule has 0 aromatic heterocycles. The molecule has 0 aliphatic heterocycles. The first-order valence-corrected chi connectivity index (χ1v) is 4.78. The highest BCUT2D eigenvalue weighted by Gasteiger charge is 2.16. The SMILES string of the molecule is C=C(C)C(=O)OCCO.O=C(O)CC(O)C(=O)O. The Bertz CT molecular complexity index is 309. The molecular weight excluding hydrogens is 248 g/mol. The highest BCUT2D eigenvalue weighted by atomic mass is 16.5. The van der Waals surface area contributed by atoms with Crippen molar-refractivity contribution in [3.63, 3.8) is 0 Å². The maximum atomic E-state index is 10.5. The van der Waals surface area contributed by atoms with Crippen LogP contribution in [0.5, 0.6) is 0 Å². The van der Waals surface area contributed by atoms with Gasteiger partial charge < -0.3 is 25.2 Å². The largest absolute Gasteiger partial charge is 0.481 e. The van der Waals surface area contributed by atoms with Crippen LogP contribution in [0.4, 0.5) is 0 Å². The Kier molecular flexibility index (Phi) is 10.5. The van der Waals surface area contributed by atoms with Gasteiger partial charge in [-0.1, -0.05) is 6.58 Å². The molecule has 0 saturated carbocycles. The van der Waals surface area contributed by atoms with Gasteiger partial charge in [0.1, 0.15) is 6.61 Å². The molecule has 0 radical (unpaired) electrons. The molecule has 104 valence electrons. The van der Waals surface area contributed by atoms with Crippen LogP contribution in [0.1, 0.15) is 13.3 Å². The van der Waals surface area contributed by atoms with Crippen LogP contribution >= 0.6 is 0 Å². The molecule has 0 saturated heterocycles. The number of carbonyl (C=O) groups excluding carboxylic acids is 1. The number of carbonyl (C=O) groups is 3. The fourth-order valence-corrected chi connectivity index (χ4v) is 0.514. The van der Waals surface area contributed by atoms with Crippen LogP contribution in [0, 0.1) is 0 Å². The molecule has 8 heteroatoms. The number of esters is 1. The summed E-state index contributed by atoms with van der Waals surface area (Å²) in [5.41, 5.74) is 0.350. The third-order valence-electron chi connectivity index (χ3n) is 1.33. The van der Waals surface area contributed by atoms with Crippen molar-refractivity contribution in [2.75, 3.05) is 13.2 Å². The Labute approximate surface area is 103 Å². The van der Waals surface area contributed by atoms with Crippen LogP contribution in [-0.2, 0) is 19.1 Å². The Morgan fingerprint density at radius 3 is 2.00 bits per heavy atom. The fourth-order valence-electron chi connectivity index (χ4n) is 0.514. The molecule has 0 aliphatic carbocycles. The average Bonchev–Trinajstić information content (AvgIpc) is 2.25. The van der Waals surface area contributed by atoms with Crippen LogP contribution < -0.4 is 0 Å². The lowest BCUT2D eigenvalue weighted by molar-refractivity contribution is -0.152. The monoisotopic (exact) mass is 264 g/mol. The summed E-state index contributed by atoms with van der Waals surface area (Å²) < 4.78 is 4.46. The van der Waals surface area contributed by atoms with Crippen molar-refractivity contribution in [3.8, 4) is 0 Å². The molecule has 4 N–H and O–H groups in total. The summed E-state index contributed by atoms with van der Waals surface area (Å²) in [6.45, 7) is 4.81. The Balaban J connectivity index is 0. The third kappa shape index (κ3) is 12.1.